The van der Waals surface area contributed by atoms with Crippen LogP contribution in [0.4, 0.5) is 18.9 Å². The molecule has 0 saturated carbocycles. The number of aryl methyl sites for hydroxylation is 1. The highest BCUT2D eigenvalue weighted by Gasteiger charge is 2.21. The molecule has 0 saturated heterocycles. The van der Waals surface area contributed by atoms with Crippen LogP contribution in [0.2, 0.25) is 5.02 Å². The summed E-state index contributed by atoms with van der Waals surface area (Å²) in [6, 6.07) is 4.85. The molecule has 0 bridgehead atoms. The Kier molecular flexibility index (Phi) is 4.19. The van der Waals surface area contributed by atoms with Gasteiger partial charge >= 0.3 is 0 Å². The number of anilines is 1. The van der Waals surface area contributed by atoms with Gasteiger partial charge in [0.1, 0.15) is 11.3 Å². The number of carbonyl (C=O) groups is 1. The predicted molar refractivity (Wildman–Crippen MR) is 83.8 cm³/mol. The molecule has 1 aromatic carbocycles. The average molecular weight is 354 g/mol. The summed E-state index contributed by atoms with van der Waals surface area (Å²) in [6.07, 6.45) is 2.00. The van der Waals surface area contributed by atoms with E-state index in [4.69, 9.17) is 11.6 Å². The van der Waals surface area contributed by atoms with Gasteiger partial charge in [-0.2, -0.15) is 0 Å². The van der Waals surface area contributed by atoms with Crippen LogP contribution in [0.5, 0.6) is 0 Å². The fourth-order valence-corrected chi connectivity index (χ4v) is 2.51. The molecule has 4 nitrogen and oxygen atoms in total. The van der Waals surface area contributed by atoms with Crippen LogP contribution in [0.25, 0.3) is 5.65 Å². The van der Waals surface area contributed by atoms with E-state index in [0.29, 0.717) is 22.8 Å². The first-order chi connectivity index (χ1) is 11.4. The van der Waals surface area contributed by atoms with E-state index in [1.165, 1.54) is 4.40 Å². The van der Waals surface area contributed by atoms with E-state index in [-0.39, 0.29) is 5.69 Å². The molecular formula is C16H11ClF3N3O. The van der Waals surface area contributed by atoms with Crippen LogP contribution in [0.1, 0.15) is 23.1 Å². The van der Waals surface area contributed by atoms with E-state index in [0.717, 1.165) is 12.1 Å². The zero-order chi connectivity index (χ0) is 17.4. The molecule has 124 valence electrons. The van der Waals surface area contributed by atoms with Gasteiger partial charge in [-0.3, -0.25) is 9.20 Å². The molecule has 0 aliphatic heterocycles. The summed E-state index contributed by atoms with van der Waals surface area (Å²) >= 11 is 5.91. The van der Waals surface area contributed by atoms with E-state index in [9.17, 15) is 18.0 Å². The second kappa shape index (κ2) is 6.16. The SMILES string of the molecule is CCc1nc2cc(Cl)ccn2c1C(=O)Nc1ccc(F)c(F)c1F. The van der Waals surface area contributed by atoms with Crippen LogP contribution in [0, 0.1) is 17.5 Å². The van der Waals surface area contributed by atoms with Crippen LogP contribution < -0.4 is 5.32 Å². The maximum Gasteiger partial charge on any atom is 0.274 e. The third kappa shape index (κ3) is 2.71. The summed E-state index contributed by atoms with van der Waals surface area (Å²) in [4.78, 5) is 16.8. The first-order valence-corrected chi connectivity index (χ1v) is 7.41. The summed E-state index contributed by atoms with van der Waals surface area (Å²) in [5.74, 6) is -5.12. The van der Waals surface area contributed by atoms with E-state index in [2.05, 4.69) is 10.3 Å². The lowest BCUT2D eigenvalue weighted by molar-refractivity contribution is 0.102. The number of aromatic nitrogens is 2. The van der Waals surface area contributed by atoms with E-state index in [1.807, 2.05) is 0 Å². The highest BCUT2D eigenvalue weighted by Crippen LogP contribution is 2.22. The minimum absolute atomic E-state index is 0.174. The summed E-state index contributed by atoms with van der Waals surface area (Å²) in [5.41, 5.74) is 0.645. The largest absolute Gasteiger partial charge is 0.318 e. The number of hydrogen-bond donors (Lipinski definition) is 1. The van der Waals surface area contributed by atoms with Crippen molar-refractivity contribution in [3.8, 4) is 0 Å². The van der Waals surface area contributed by atoms with Crippen LogP contribution >= 0.6 is 11.6 Å². The van der Waals surface area contributed by atoms with Gasteiger partial charge in [-0.25, -0.2) is 18.2 Å². The number of pyridine rings is 1. The molecule has 1 amide bonds. The monoisotopic (exact) mass is 353 g/mol. The minimum atomic E-state index is -1.64. The van der Waals surface area contributed by atoms with Crippen molar-refractivity contribution in [2.24, 2.45) is 0 Å². The van der Waals surface area contributed by atoms with Gasteiger partial charge in [-0.1, -0.05) is 18.5 Å². The Bertz CT molecular complexity index is 955. The number of imidazole rings is 1. The number of amides is 1. The van der Waals surface area contributed by atoms with Gasteiger partial charge in [-0.05, 0) is 24.6 Å². The van der Waals surface area contributed by atoms with Crippen molar-refractivity contribution >= 4 is 28.8 Å². The Labute approximate surface area is 139 Å². The molecule has 0 spiro atoms. The van der Waals surface area contributed by atoms with Gasteiger partial charge in [0.05, 0.1) is 11.4 Å². The van der Waals surface area contributed by atoms with Crippen LogP contribution in [0.15, 0.2) is 30.5 Å². The number of nitrogens with one attached hydrogen (secondary N) is 1. The number of halogens is 4. The topological polar surface area (TPSA) is 46.4 Å². The van der Waals surface area contributed by atoms with Gasteiger partial charge in [0.25, 0.3) is 5.91 Å². The number of hydrogen-bond acceptors (Lipinski definition) is 2. The van der Waals surface area contributed by atoms with Crippen molar-refractivity contribution in [1.29, 1.82) is 0 Å². The summed E-state index contributed by atoms with van der Waals surface area (Å²) in [6.45, 7) is 1.80. The maximum atomic E-state index is 13.7. The fourth-order valence-electron chi connectivity index (χ4n) is 2.36. The second-order valence-electron chi connectivity index (χ2n) is 5.01. The fraction of sp³-hybridized carbons (Fsp3) is 0.125. The van der Waals surface area contributed by atoms with Crippen LogP contribution in [-0.4, -0.2) is 15.3 Å². The summed E-state index contributed by atoms with van der Waals surface area (Å²) in [7, 11) is 0. The highest BCUT2D eigenvalue weighted by atomic mass is 35.5. The number of benzene rings is 1. The van der Waals surface area contributed by atoms with Gasteiger partial charge in [-0.15, -0.1) is 0 Å². The Morgan fingerprint density at radius 3 is 2.71 bits per heavy atom. The molecular weight excluding hydrogens is 343 g/mol. The first-order valence-electron chi connectivity index (χ1n) is 7.03. The average Bonchev–Trinajstić information content (AvgIpc) is 2.93. The molecule has 0 aliphatic rings. The number of fused-ring (bicyclic) bond motifs is 1. The van der Waals surface area contributed by atoms with Crippen molar-refractivity contribution < 1.29 is 18.0 Å². The molecule has 24 heavy (non-hydrogen) atoms. The van der Waals surface area contributed by atoms with Crippen molar-refractivity contribution in [2.45, 2.75) is 13.3 Å². The summed E-state index contributed by atoms with van der Waals surface area (Å²) < 4.78 is 41.5. The van der Waals surface area contributed by atoms with Crippen LogP contribution in [-0.2, 0) is 6.42 Å². The van der Waals surface area contributed by atoms with Crippen LogP contribution in [0.3, 0.4) is 0 Å². The normalized spacial score (nSPS) is 11.0. The number of carbonyl (C=O) groups excluding carboxylic acids is 1. The summed E-state index contributed by atoms with van der Waals surface area (Å²) in [5, 5.41) is 2.70. The van der Waals surface area contributed by atoms with Gasteiger partial charge in [0.2, 0.25) is 0 Å². The molecule has 0 aliphatic carbocycles. The lowest BCUT2D eigenvalue weighted by Crippen LogP contribution is -2.17. The highest BCUT2D eigenvalue weighted by molar-refractivity contribution is 6.30. The van der Waals surface area contributed by atoms with E-state index < -0.39 is 29.0 Å². The van der Waals surface area contributed by atoms with Crippen molar-refractivity contribution in [1.82, 2.24) is 9.38 Å². The van der Waals surface area contributed by atoms with Gasteiger partial charge in [0, 0.05) is 17.3 Å². The zero-order valence-electron chi connectivity index (χ0n) is 12.4. The quantitative estimate of drug-likeness (QED) is 0.717. The van der Waals surface area contributed by atoms with Crippen molar-refractivity contribution in [2.75, 3.05) is 5.32 Å². The first kappa shape index (κ1) is 16.3. The molecule has 1 N–H and O–H groups in total. The number of rotatable bonds is 3. The standard InChI is InChI=1S/C16H11ClF3N3O/c1-2-10-15(23-6-5-8(17)7-12(23)21-10)16(24)22-11-4-3-9(18)13(19)14(11)20/h3-7H,2H2,1H3,(H,22,24). The van der Waals surface area contributed by atoms with Crippen molar-refractivity contribution in [3.63, 3.8) is 0 Å². The molecule has 2 heterocycles. The van der Waals surface area contributed by atoms with E-state index in [1.54, 1.807) is 25.3 Å². The maximum absolute atomic E-state index is 13.7. The number of nitrogens with zero attached hydrogens (tertiary/aromatic N) is 2. The Morgan fingerprint density at radius 1 is 1.25 bits per heavy atom. The molecule has 0 radical (unpaired) electrons. The molecule has 3 rings (SSSR count). The lowest BCUT2D eigenvalue weighted by Gasteiger charge is -2.08. The van der Waals surface area contributed by atoms with Crippen molar-refractivity contribution in [3.05, 3.63) is 64.3 Å². The molecule has 2 aromatic heterocycles. The Balaban J connectivity index is 2.04. The van der Waals surface area contributed by atoms with Gasteiger partial charge in [0.15, 0.2) is 17.5 Å². The van der Waals surface area contributed by atoms with Gasteiger partial charge < -0.3 is 5.32 Å². The predicted octanol–water partition coefficient (Wildman–Crippen LogP) is 4.22. The molecule has 8 heteroatoms. The lowest BCUT2D eigenvalue weighted by atomic mass is 10.2. The molecule has 0 unspecified atom stereocenters. The molecule has 3 aromatic rings. The Hall–Kier alpha value is -2.54. The third-order valence-corrected chi connectivity index (χ3v) is 3.73. The van der Waals surface area contributed by atoms with E-state index >= 15 is 0 Å². The molecule has 0 fully saturated rings. The third-order valence-electron chi connectivity index (χ3n) is 3.49. The zero-order valence-corrected chi connectivity index (χ0v) is 13.2. The minimum Gasteiger partial charge on any atom is -0.318 e. The second-order valence-corrected chi connectivity index (χ2v) is 5.45. The Morgan fingerprint density at radius 2 is 2.00 bits per heavy atom. The molecule has 0 atom stereocenters. The smallest absolute Gasteiger partial charge is 0.274 e.